The molecule has 20 heavy (non-hydrogen) atoms. The average Bonchev–Trinajstić information content (AvgIpc) is 2.32. The van der Waals surface area contributed by atoms with Crippen molar-refractivity contribution >= 4 is 12.0 Å². The quantitative estimate of drug-likeness (QED) is 0.532. The van der Waals surface area contributed by atoms with E-state index in [4.69, 9.17) is 0 Å². The molecule has 1 unspecified atom stereocenters. The Labute approximate surface area is 122 Å². The van der Waals surface area contributed by atoms with Gasteiger partial charge in [0.1, 0.15) is 0 Å². The summed E-state index contributed by atoms with van der Waals surface area (Å²) < 4.78 is 0. The molecule has 2 amide bonds. The summed E-state index contributed by atoms with van der Waals surface area (Å²) in [6.45, 7) is 10.4. The molecule has 0 radical (unpaired) electrons. The number of rotatable bonds is 8. The maximum atomic E-state index is 11.8. The molecule has 0 saturated heterocycles. The van der Waals surface area contributed by atoms with Crippen LogP contribution in [-0.4, -0.2) is 42.1 Å². The van der Waals surface area contributed by atoms with Crippen LogP contribution in [0.4, 0.5) is 4.79 Å². The molecule has 0 aromatic carbocycles. The maximum Gasteiger partial charge on any atom is 0.317 e. The van der Waals surface area contributed by atoms with E-state index in [1.54, 1.807) is 11.9 Å². The highest BCUT2D eigenvalue weighted by molar-refractivity contribution is 5.75. The lowest BCUT2D eigenvalue weighted by Gasteiger charge is -2.24. The van der Waals surface area contributed by atoms with Crippen LogP contribution in [0.2, 0.25) is 0 Å². The third-order valence-electron chi connectivity index (χ3n) is 2.96. The molecule has 0 aliphatic rings. The van der Waals surface area contributed by atoms with Crippen molar-refractivity contribution in [1.29, 1.82) is 0 Å². The van der Waals surface area contributed by atoms with E-state index < -0.39 is 11.9 Å². The average molecular weight is 284 g/mol. The lowest BCUT2D eigenvalue weighted by atomic mass is 9.84. The molecule has 5 heteroatoms. The highest BCUT2D eigenvalue weighted by atomic mass is 16.4. The maximum absolute atomic E-state index is 11.8. The normalized spacial score (nSPS) is 12.6. The van der Waals surface area contributed by atoms with E-state index in [9.17, 15) is 14.7 Å². The minimum Gasteiger partial charge on any atom is -0.481 e. The predicted octanol–water partition coefficient (Wildman–Crippen LogP) is 2.73. The number of carboxylic acid groups (broad SMARTS) is 1. The molecule has 116 valence electrons. The molecule has 5 nitrogen and oxygen atoms in total. The van der Waals surface area contributed by atoms with Crippen LogP contribution in [0.25, 0.3) is 0 Å². The largest absolute Gasteiger partial charge is 0.481 e. The van der Waals surface area contributed by atoms with Crippen LogP contribution in [0.15, 0.2) is 12.7 Å². The van der Waals surface area contributed by atoms with Gasteiger partial charge in [0.25, 0.3) is 0 Å². The van der Waals surface area contributed by atoms with Crippen LogP contribution in [-0.2, 0) is 4.79 Å². The van der Waals surface area contributed by atoms with Gasteiger partial charge in [-0.3, -0.25) is 4.79 Å². The number of carbonyl (C=O) groups excluding carboxylic acids is 1. The van der Waals surface area contributed by atoms with Gasteiger partial charge in [0.15, 0.2) is 0 Å². The monoisotopic (exact) mass is 284 g/mol. The van der Waals surface area contributed by atoms with Gasteiger partial charge in [-0.15, -0.1) is 6.58 Å². The summed E-state index contributed by atoms with van der Waals surface area (Å²) in [5, 5.41) is 11.9. The van der Waals surface area contributed by atoms with Gasteiger partial charge < -0.3 is 15.3 Å². The summed E-state index contributed by atoms with van der Waals surface area (Å²) in [6.07, 6.45) is 4.06. The van der Waals surface area contributed by atoms with Gasteiger partial charge in [-0.25, -0.2) is 4.79 Å². The molecule has 0 aliphatic heterocycles. The number of amides is 2. The summed E-state index contributed by atoms with van der Waals surface area (Å²) in [5.41, 5.74) is -0.0797. The lowest BCUT2D eigenvalue weighted by Crippen LogP contribution is -2.42. The molecule has 1 atom stereocenters. The van der Waals surface area contributed by atoms with Crippen molar-refractivity contribution in [2.24, 2.45) is 11.3 Å². The van der Waals surface area contributed by atoms with E-state index in [1.807, 2.05) is 26.8 Å². The summed E-state index contributed by atoms with van der Waals surface area (Å²) in [4.78, 5) is 24.6. The van der Waals surface area contributed by atoms with Crippen molar-refractivity contribution in [2.45, 2.75) is 40.0 Å². The van der Waals surface area contributed by atoms with Gasteiger partial charge in [0.05, 0.1) is 5.92 Å². The molecular formula is C15H28N2O3. The third-order valence-corrected chi connectivity index (χ3v) is 2.96. The predicted molar refractivity (Wildman–Crippen MR) is 80.7 cm³/mol. The van der Waals surface area contributed by atoms with Gasteiger partial charge >= 0.3 is 12.0 Å². The molecule has 0 aromatic rings. The molecule has 0 heterocycles. The van der Waals surface area contributed by atoms with Gasteiger partial charge in [-0.2, -0.15) is 0 Å². The zero-order chi connectivity index (χ0) is 15.8. The highest BCUT2D eigenvalue weighted by Crippen LogP contribution is 2.24. The number of unbranched alkanes of at least 4 members (excludes halogenated alkanes) is 1. The second kappa shape index (κ2) is 8.61. The number of hydrogen-bond acceptors (Lipinski definition) is 2. The topological polar surface area (TPSA) is 69.6 Å². The van der Waals surface area contributed by atoms with Crippen LogP contribution < -0.4 is 5.32 Å². The Bertz CT molecular complexity index is 335. The van der Waals surface area contributed by atoms with Crippen LogP contribution in [0.1, 0.15) is 40.0 Å². The fourth-order valence-corrected chi connectivity index (χ4v) is 1.91. The van der Waals surface area contributed by atoms with Gasteiger partial charge in [0, 0.05) is 20.1 Å². The minimum atomic E-state index is -0.866. The van der Waals surface area contributed by atoms with Crippen molar-refractivity contribution in [3.05, 3.63) is 12.7 Å². The standard InChI is InChI=1S/C15H28N2O3/c1-6-7-8-9-17(5)14(20)16-11-12(13(18)19)10-15(2,3)4/h6,12H,1,7-11H2,2-5H3,(H,16,20)(H,18,19). The third kappa shape index (κ3) is 8.56. The van der Waals surface area contributed by atoms with Crippen molar-refractivity contribution in [3.8, 4) is 0 Å². The highest BCUT2D eigenvalue weighted by Gasteiger charge is 2.25. The molecular weight excluding hydrogens is 256 g/mol. The summed E-state index contributed by atoms with van der Waals surface area (Å²) >= 11 is 0. The van der Waals surface area contributed by atoms with E-state index in [-0.39, 0.29) is 18.0 Å². The molecule has 2 N–H and O–H groups in total. The Morgan fingerprint density at radius 1 is 1.40 bits per heavy atom. The fourth-order valence-electron chi connectivity index (χ4n) is 1.91. The van der Waals surface area contributed by atoms with Gasteiger partial charge in [-0.1, -0.05) is 26.8 Å². The Morgan fingerprint density at radius 2 is 2.00 bits per heavy atom. The first-order valence-electron chi connectivity index (χ1n) is 7.00. The number of nitrogens with zero attached hydrogens (tertiary/aromatic N) is 1. The second-order valence-electron chi connectivity index (χ2n) is 6.34. The number of hydrogen-bond donors (Lipinski definition) is 2. The Morgan fingerprint density at radius 3 is 2.45 bits per heavy atom. The molecule has 0 bridgehead atoms. The van der Waals surface area contributed by atoms with E-state index >= 15 is 0 Å². The van der Waals surface area contributed by atoms with Gasteiger partial charge in [0.2, 0.25) is 0 Å². The zero-order valence-corrected chi connectivity index (χ0v) is 13.1. The Hall–Kier alpha value is -1.52. The number of urea groups is 1. The summed E-state index contributed by atoms with van der Waals surface area (Å²) in [7, 11) is 1.71. The fraction of sp³-hybridized carbons (Fsp3) is 0.733. The number of nitrogens with one attached hydrogen (secondary N) is 1. The van der Waals surface area contributed by atoms with Crippen molar-refractivity contribution in [2.75, 3.05) is 20.1 Å². The van der Waals surface area contributed by atoms with E-state index in [0.717, 1.165) is 12.8 Å². The number of aliphatic carboxylic acids is 1. The zero-order valence-electron chi connectivity index (χ0n) is 13.1. The Kier molecular flexibility index (Phi) is 7.96. The van der Waals surface area contributed by atoms with E-state index in [2.05, 4.69) is 11.9 Å². The Balaban J connectivity index is 4.23. The SMILES string of the molecule is C=CCCCN(C)C(=O)NCC(CC(C)(C)C)C(=O)O. The lowest BCUT2D eigenvalue weighted by molar-refractivity contribution is -0.142. The second-order valence-corrected chi connectivity index (χ2v) is 6.34. The first-order valence-corrected chi connectivity index (χ1v) is 7.00. The molecule has 0 spiro atoms. The van der Waals surface area contributed by atoms with E-state index in [1.165, 1.54) is 0 Å². The van der Waals surface area contributed by atoms with Crippen LogP contribution in [0.3, 0.4) is 0 Å². The summed E-state index contributed by atoms with van der Waals surface area (Å²) in [6, 6.07) is -0.228. The molecule has 0 aromatic heterocycles. The number of carbonyl (C=O) groups is 2. The molecule has 0 fully saturated rings. The first kappa shape index (κ1) is 18.5. The van der Waals surface area contributed by atoms with E-state index in [0.29, 0.717) is 13.0 Å². The molecule has 0 rings (SSSR count). The van der Waals surface area contributed by atoms with Crippen LogP contribution >= 0.6 is 0 Å². The molecule has 0 saturated carbocycles. The van der Waals surface area contributed by atoms with Crippen LogP contribution in [0.5, 0.6) is 0 Å². The molecule has 0 aliphatic carbocycles. The summed E-state index contributed by atoms with van der Waals surface area (Å²) in [5.74, 6) is -1.42. The smallest absolute Gasteiger partial charge is 0.317 e. The first-order chi connectivity index (χ1) is 9.17. The number of carboxylic acids is 1. The number of allylic oxidation sites excluding steroid dienone is 1. The van der Waals surface area contributed by atoms with Gasteiger partial charge in [-0.05, 0) is 24.7 Å². The van der Waals surface area contributed by atoms with Crippen LogP contribution in [0, 0.1) is 11.3 Å². The van der Waals surface area contributed by atoms with Crippen molar-refractivity contribution < 1.29 is 14.7 Å². The van der Waals surface area contributed by atoms with Crippen molar-refractivity contribution in [1.82, 2.24) is 10.2 Å². The minimum absolute atomic E-state index is 0.0797. The van der Waals surface area contributed by atoms with Crippen molar-refractivity contribution in [3.63, 3.8) is 0 Å².